The number of carbonyl (C=O) groups is 5. The number of nitrogens with zero attached hydrogens (tertiary/aromatic N) is 1. The van der Waals surface area contributed by atoms with Crippen molar-refractivity contribution in [2.75, 3.05) is 21.3 Å². The summed E-state index contributed by atoms with van der Waals surface area (Å²) in [4.78, 5) is 64.2. The zero-order valence-electron chi connectivity index (χ0n) is 31.5. The molecule has 0 heterocycles. The first-order valence-corrected chi connectivity index (χ1v) is 18.2. The molecule has 0 aliphatic heterocycles. The molecule has 0 aliphatic carbocycles. The molecule has 14 nitrogen and oxygen atoms in total. The number of nitrogens with one attached hydrogen (secondary N) is 5. The van der Waals surface area contributed by atoms with Crippen molar-refractivity contribution in [3.63, 3.8) is 0 Å². The highest BCUT2D eigenvalue weighted by atomic mass is 32.1. The molecule has 15 heteroatoms. The fraction of sp³-hybridized carbons (Fsp3) is 0.114. The number of benzene rings is 5. The highest BCUT2D eigenvalue weighted by molar-refractivity contribution is 7.81. The maximum atomic E-state index is 13.3. The smallest absolute Gasteiger partial charge is 0.335 e. The van der Waals surface area contributed by atoms with Crippen molar-refractivity contribution in [3.05, 3.63) is 143 Å². The van der Waals surface area contributed by atoms with Crippen LogP contribution in [-0.2, 0) is 4.79 Å². The summed E-state index contributed by atoms with van der Waals surface area (Å²) in [5.74, 6) is -1.83. The molecule has 296 valence electrons. The number of nitriles is 1. The molecule has 1 atom stereocenters. The second kappa shape index (κ2) is 19.2. The maximum Gasteiger partial charge on any atom is 0.335 e. The zero-order chi connectivity index (χ0) is 42.6. The van der Waals surface area contributed by atoms with Crippen molar-refractivity contribution >= 4 is 69.6 Å². The standard InChI is InChI=1S/C44H36N6O8S/c1-4-5-36(50-40(53)28-12-18-33(19-13-28)48-43(59)29-8-6-26(24-45)7-9-29)42(55)47-32-16-10-27(11-17-32)39(52)49-35-23-22-34(37(51)38(35)58-25(2)3)41(54)46-31-20-14-30(15-21-31)44(56)57/h1,6-23,25,36,51H,5H2,2-3H3,(H,46,54)(H,47,55)(H,48,59)(H,49,52)(H,50,53)(H,56,57)/t36-/m0/s1. The van der Waals surface area contributed by atoms with E-state index in [0.29, 0.717) is 33.2 Å². The third kappa shape index (κ3) is 11.1. The molecule has 0 radical (unpaired) electrons. The van der Waals surface area contributed by atoms with Gasteiger partial charge in [-0.15, -0.1) is 12.3 Å². The summed E-state index contributed by atoms with van der Waals surface area (Å²) in [5.41, 5.74) is 2.84. The number of rotatable bonds is 14. The molecule has 0 fully saturated rings. The third-order valence-electron chi connectivity index (χ3n) is 8.41. The van der Waals surface area contributed by atoms with Gasteiger partial charge in [-0.05, 0) is 111 Å². The van der Waals surface area contributed by atoms with Crippen LogP contribution in [0.15, 0.2) is 109 Å². The SMILES string of the molecule is C#CC[C@H](NC(=O)c1ccc(NC(=S)c2ccc(C#N)cc2)cc1)C(=O)Nc1ccc(C(=O)Nc2ccc(C(=O)Nc3ccc(C(=O)O)cc3)c(O)c2OC(C)C)cc1. The number of aromatic hydroxyl groups is 1. The van der Waals surface area contributed by atoms with Gasteiger partial charge in [-0.3, -0.25) is 19.2 Å². The summed E-state index contributed by atoms with van der Waals surface area (Å²) in [6, 6.07) is 28.2. The van der Waals surface area contributed by atoms with Crippen LogP contribution in [0.4, 0.5) is 22.7 Å². The van der Waals surface area contributed by atoms with E-state index >= 15 is 0 Å². The van der Waals surface area contributed by atoms with Gasteiger partial charge in [-0.25, -0.2) is 4.79 Å². The van der Waals surface area contributed by atoms with Gasteiger partial charge in [0.1, 0.15) is 11.0 Å². The van der Waals surface area contributed by atoms with Gasteiger partial charge in [-0.2, -0.15) is 5.26 Å². The molecule has 4 amide bonds. The maximum absolute atomic E-state index is 13.3. The monoisotopic (exact) mass is 808 g/mol. The Bertz CT molecular complexity index is 2490. The minimum absolute atomic E-state index is 0.0332. The van der Waals surface area contributed by atoms with Gasteiger partial charge in [0.05, 0.1) is 34.6 Å². The number of aromatic carboxylic acids is 1. The lowest BCUT2D eigenvalue weighted by molar-refractivity contribution is -0.117. The van der Waals surface area contributed by atoms with Crippen LogP contribution in [0.5, 0.6) is 11.5 Å². The van der Waals surface area contributed by atoms with Crippen LogP contribution in [0.3, 0.4) is 0 Å². The van der Waals surface area contributed by atoms with Crippen molar-refractivity contribution < 1.29 is 38.9 Å². The summed E-state index contributed by atoms with van der Waals surface area (Å²) in [6.07, 6.45) is 4.95. The van der Waals surface area contributed by atoms with Crippen LogP contribution < -0.4 is 31.3 Å². The second-order valence-electron chi connectivity index (χ2n) is 13.0. The number of thiocarbonyl (C=S) groups is 1. The van der Waals surface area contributed by atoms with Crippen LogP contribution >= 0.6 is 12.2 Å². The number of phenols is 1. The number of hydrogen-bond donors (Lipinski definition) is 7. The van der Waals surface area contributed by atoms with E-state index in [1.807, 2.05) is 0 Å². The van der Waals surface area contributed by atoms with Crippen LogP contribution in [0.2, 0.25) is 0 Å². The van der Waals surface area contributed by atoms with Gasteiger partial charge in [0.25, 0.3) is 17.7 Å². The van der Waals surface area contributed by atoms with Gasteiger partial charge in [-0.1, -0.05) is 24.4 Å². The molecule has 0 aromatic heterocycles. The largest absolute Gasteiger partial charge is 0.504 e. The Kier molecular flexibility index (Phi) is 13.7. The topological polar surface area (TPSA) is 219 Å². The minimum Gasteiger partial charge on any atom is -0.504 e. The lowest BCUT2D eigenvalue weighted by Gasteiger charge is -2.18. The number of amides is 4. The Labute approximate surface area is 344 Å². The first-order chi connectivity index (χ1) is 28.3. The fourth-order valence-electron chi connectivity index (χ4n) is 5.40. The predicted octanol–water partition coefficient (Wildman–Crippen LogP) is 6.80. The number of ether oxygens (including phenoxy) is 1. The molecule has 5 aromatic carbocycles. The predicted molar refractivity (Wildman–Crippen MR) is 226 cm³/mol. The van der Waals surface area contributed by atoms with Crippen molar-refractivity contribution in [1.82, 2.24) is 5.32 Å². The van der Waals surface area contributed by atoms with Crippen LogP contribution in [0.1, 0.15) is 72.8 Å². The van der Waals surface area contributed by atoms with Crippen LogP contribution in [0.25, 0.3) is 0 Å². The molecule has 59 heavy (non-hydrogen) atoms. The normalized spacial score (nSPS) is 10.9. The number of terminal acetylenes is 1. The lowest BCUT2D eigenvalue weighted by atomic mass is 10.1. The van der Waals surface area contributed by atoms with E-state index in [2.05, 4.69) is 38.6 Å². The number of hydrogen-bond acceptors (Lipinski definition) is 9. The van der Waals surface area contributed by atoms with Crippen LogP contribution in [-0.4, -0.2) is 56.9 Å². The Morgan fingerprint density at radius 2 is 1.22 bits per heavy atom. The van der Waals surface area contributed by atoms with E-state index in [9.17, 15) is 29.1 Å². The van der Waals surface area contributed by atoms with Crippen molar-refractivity contribution in [1.29, 1.82) is 5.26 Å². The van der Waals surface area contributed by atoms with Crippen molar-refractivity contribution in [2.45, 2.75) is 32.4 Å². The van der Waals surface area contributed by atoms with E-state index in [1.54, 1.807) is 62.4 Å². The lowest BCUT2D eigenvalue weighted by Crippen LogP contribution is -2.43. The van der Waals surface area contributed by atoms with Crippen molar-refractivity contribution in [2.24, 2.45) is 0 Å². The molecule has 0 saturated heterocycles. The highest BCUT2D eigenvalue weighted by Gasteiger charge is 2.23. The van der Waals surface area contributed by atoms with Gasteiger partial charge in [0.15, 0.2) is 11.5 Å². The van der Waals surface area contributed by atoms with Crippen LogP contribution in [0, 0.1) is 23.7 Å². The summed E-state index contributed by atoms with van der Waals surface area (Å²) in [6.45, 7) is 3.39. The molecule has 5 rings (SSSR count). The molecule has 0 aliphatic rings. The Hall–Kier alpha value is -8.01. The van der Waals surface area contributed by atoms with Gasteiger partial charge in [0.2, 0.25) is 5.91 Å². The second-order valence-corrected chi connectivity index (χ2v) is 13.4. The Balaban J connectivity index is 1.20. The molecule has 0 spiro atoms. The third-order valence-corrected chi connectivity index (χ3v) is 8.74. The number of anilines is 4. The highest BCUT2D eigenvalue weighted by Crippen LogP contribution is 2.39. The van der Waals surface area contributed by atoms with E-state index in [4.69, 9.17) is 33.7 Å². The van der Waals surface area contributed by atoms with E-state index in [0.717, 1.165) is 0 Å². The molecule has 7 N–H and O–H groups in total. The summed E-state index contributed by atoms with van der Waals surface area (Å²) in [7, 11) is 0. The number of carboxylic acids is 1. The first kappa shape index (κ1) is 42.1. The molecule has 0 saturated carbocycles. The summed E-state index contributed by atoms with van der Waals surface area (Å²) >= 11 is 5.45. The van der Waals surface area contributed by atoms with Gasteiger partial charge in [0, 0.05) is 40.2 Å². The van der Waals surface area contributed by atoms with Gasteiger partial charge < -0.3 is 41.5 Å². The Morgan fingerprint density at radius 3 is 1.76 bits per heavy atom. The molecule has 0 unspecified atom stereocenters. The summed E-state index contributed by atoms with van der Waals surface area (Å²) < 4.78 is 5.78. The van der Waals surface area contributed by atoms with Gasteiger partial charge >= 0.3 is 5.97 Å². The van der Waals surface area contributed by atoms with E-state index in [-0.39, 0.29) is 40.1 Å². The number of phenolic OH excluding ortho intramolecular Hbond substituents is 1. The molecular formula is C44H36N6O8S. The molecule has 0 bridgehead atoms. The number of carboxylic acid groups (broad SMARTS) is 1. The van der Waals surface area contributed by atoms with Crippen molar-refractivity contribution in [3.8, 4) is 29.9 Å². The first-order valence-electron chi connectivity index (χ1n) is 17.8. The molecular weight excluding hydrogens is 773 g/mol. The quantitative estimate of drug-likeness (QED) is 0.0457. The fourth-order valence-corrected chi connectivity index (χ4v) is 5.66. The summed E-state index contributed by atoms with van der Waals surface area (Å²) in [5, 5.41) is 42.9. The Morgan fingerprint density at radius 1 is 0.695 bits per heavy atom. The molecule has 5 aromatic rings. The average Bonchev–Trinajstić information content (AvgIpc) is 3.22. The average molecular weight is 809 g/mol. The van der Waals surface area contributed by atoms with E-state index in [1.165, 1.54) is 60.7 Å². The van der Waals surface area contributed by atoms with E-state index < -0.39 is 47.5 Å². The minimum atomic E-state index is -1.12. The zero-order valence-corrected chi connectivity index (χ0v) is 32.3. The number of carbonyl (C=O) groups excluding carboxylic acids is 4.